The number of nitrogens with zero attached hydrogens (tertiary/aromatic N) is 5. The number of hydrogen-bond donors (Lipinski definition) is 1. The lowest BCUT2D eigenvalue weighted by Crippen LogP contribution is -2.31. The van der Waals surface area contributed by atoms with Crippen LogP contribution in [0.5, 0.6) is 5.75 Å². The number of aromatic hydroxyl groups is 1. The van der Waals surface area contributed by atoms with Gasteiger partial charge < -0.3 is 14.6 Å². The predicted octanol–water partition coefficient (Wildman–Crippen LogP) is 3.66. The van der Waals surface area contributed by atoms with Gasteiger partial charge in [-0.15, -0.1) is 10.2 Å². The van der Waals surface area contributed by atoms with Gasteiger partial charge in [0.1, 0.15) is 5.75 Å². The van der Waals surface area contributed by atoms with E-state index in [2.05, 4.69) is 15.2 Å². The number of phenols is 1. The van der Waals surface area contributed by atoms with Crippen LogP contribution in [0, 0.1) is 0 Å². The van der Waals surface area contributed by atoms with Gasteiger partial charge in [0.25, 0.3) is 0 Å². The maximum Gasteiger partial charge on any atom is 0.250 e. The zero-order valence-corrected chi connectivity index (χ0v) is 14.8. The first-order valence-corrected chi connectivity index (χ1v) is 8.69. The van der Waals surface area contributed by atoms with E-state index in [9.17, 15) is 13.9 Å². The fourth-order valence-electron chi connectivity index (χ4n) is 3.41. The summed E-state index contributed by atoms with van der Waals surface area (Å²) in [6.07, 6.45) is 5.26. The third-order valence-corrected chi connectivity index (χ3v) is 5.00. The van der Waals surface area contributed by atoms with Crippen LogP contribution in [0.3, 0.4) is 0 Å². The number of aromatic nitrogens is 4. The largest absolute Gasteiger partial charge is 0.507 e. The molecule has 27 heavy (non-hydrogen) atoms. The van der Waals surface area contributed by atoms with Crippen LogP contribution in [0.4, 0.5) is 14.6 Å². The number of anilines is 1. The van der Waals surface area contributed by atoms with Gasteiger partial charge in [-0.25, -0.2) is 13.8 Å². The van der Waals surface area contributed by atoms with E-state index < -0.39 is 5.92 Å². The number of imidazole rings is 1. The Morgan fingerprint density at radius 1 is 1.22 bits per heavy atom. The molecule has 1 aliphatic rings. The molecule has 6 nitrogen and oxygen atoms in total. The molecule has 2 aromatic heterocycles. The van der Waals surface area contributed by atoms with Gasteiger partial charge in [0.05, 0.1) is 17.7 Å². The van der Waals surface area contributed by atoms with Crippen molar-refractivity contribution in [1.29, 1.82) is 0 Å². The second-order valence-corrected chi connectivity index (χ2v) is 6.81. The monoisotopic (exact) mass is 371 g/mol. The van der Waals surface area contributed by atoms with Gasteiger partial charge >= 0.3 is 0 Å². The predicted molar refractivity (Wildman–Crippen MR) is 97.2 cm³/mol. The highest BCUT2D eigenvalue weighted by molar-refractivity contribution is 5.69. The lowest BCUT2D eigenvalue weighted by Gasteiger charge is -2.25. The molecule has 0 amide bonds. The van der Waals surface area contributed by atoms with E-state index in [1.807, 2.05) is 6.07 Å². The highest BCUT2D eigenvalue weighted by atomic mass is 19.3. The highest BCUT2D eigenvalue weighted by Gasteiger charge is 2.41. The Balaban J connectivity index is 1.54. The first kappa shape index (κ1) is 17.4. The zero-order valence-electron chi connectivity index (χ0n) is 14.8. The average molecular weight is 371 g/mol. The van der Waals surface area contributed by atoms with E-state index in [1.165, 1.54) is 0 Å². The molecular weight excluding hydrogens is 352 g/mol. The standard InChI is InChI=1S/C19H19F2N5O/c1-25(14-6-7-19(20,21)11-14)18-5-4-16(23-24-18)15-3-2-13(10-17(15)27)26-9-8-22-12-26/h2-5,8-10,12,14,27H,6-7,11H2,1H3/t14-/m0/s1. The summed E-state index contributed by atoms with van der Waals surface area (Å²) >= 11 is 0. The molecule has 4 rings (SSSR count). The number of benzene rings is 1. The minimum Gasteiger partial charge on any atom is -0.507 e. The van der Waals surface area contributed by atoms with Crippen LogP contribution >= 0.6 is 0 Å². The summed E-state index contributed by atoms with van der Waals surface area (Å²) in [6, 6.07) is 8.46. The third kappa shape index (κ3) is 3.47. The third-order valence-electron chi connectivity index (χ3n) is 5.00. The summed E-state index contributed by atoms with van der Waals surface area (Å²) in [5, 5.41) is 18.7. The molecule has 2 heterocycles. The fourth-order valence-corrected chi connectivity index (χ4v) is 3.41. The summed E-state index contributed by atoms with van der Waals surface area (Å²) in [6.45, 7) is 0. The molecule has 1 atom stereocenters. The van der Waals surface area contributed by atoms with Crippen molar-refractivity contribution in [2.75, 3.05) is 11.9 Å². The second-order valence-electron chi connectivity index (χ2n) is 6.81. The van der Waals surface area contributed by atoms with Crippen molar-refractivity contribution in [3.05, 3.63) is 49.1 Å². The van der Waals surface area contributed by atoms with Crippen LogP contribution in [0.15, 0.2) is 49.1 Å². The van der Waals surface area contributed by atoms with Gasteiger partial charge in [-0.3, -0.25) is 0 Å². The summed E-state index contributed by atoms with van der Waals surface area (Å²) in [4.78, 5) is 5.73. The highest BCUT2D eigenvalue weighted by Crippen LogP contribution is 2.38. The van der Waals surface area contributed by atoms with Crippen molar-refractivity contribution in [3.8, 4) is 22.7 Å². The van der Waals surface area contributed by atoms with Crippen molar-refractivity contribution >= 4 is 5.82 Å². The van der Waals surface area contributed by atoms with Crippen LogP contribution in [0.25, 0.3) is 16.9 Å². The van der Waals surface area contributed by atoms with Crippen molar-refractivity contribution < 1.29 is 13.9 Å². The molecule has 140 valence electrons. The molecule has 0 unspecified atom stereocenters. The van der Waals surface area contributed by atoms with E-state index >= 15 is 0 Å². The lowest BCUT2D eigenvalue weighted by atomic mass is 10.1. The van der Waals surface area contributed by atoms with Crippen LogP contribution in [0.2, 0.25) is 0 Å². The average Bonchev–Trinajstić information content (AvgIpc) is 3.31. The summed E-state index contributed by atoms with van der Waals surface area (Å²) in [5.41, 5.74) is 1.84. The molecule has 1 aliphatic carbocycles. The van der Waals surface area contributed by atoms with Gasteiger partial charge in [0.2, 0.25) is 5.92 Å². The van der Waals surface area contributed by atoms with E-state index in [-0.39, 0.29) is 24.6 Å². The zero-order chi connectivity index (χ0) is 19.0. The Morgan fingerprint density at radius 3 is 2.67 bits per heavy atom. The first-order valence-electron chi connectivity index (χ1n) is 8.69. The number of halogens is 2. The number of rotatable bonds is 4. The van der Waals surface area contributed by atoms with Gasteiger partial charge in [-0.1, -0.05) is 0 Å². The molecule has 1 saturated carbocycles. The number of alkyl halides is 2. The minimum absolute atomic E-state index is 0.0760. The molecule has 0 spiro atoms. The van der Waals surface area contributed by atoms with E-state index in [1.54, 1.807) is 59.5 Å². The summed E-state index contributed by atoms with van der Waals surface area (Å²) < 4.78 is 28.7. The minimum atomic E-state index is -2.60. The maximum absolute atomic E-state index is 13.4. The fraction of sp³-hybridized carbons (Fsp3) is 0.316. The molecule has 0 radical (unpaired) electrons. The van der Waals surface area contributed by atoms with Gasteiger partial charge in [0.15, 0.2) is 5.82 Å². The molecule has 1 aromatic carbocycles. The molecular formula is C19H19F2N5O. The Labute approximate surface area is 155 Å². The molecule has 1 N–H and O–H groups in total. The molecule has 8 heteroatoms. The quantitative estimate of drug-likeness (QED) is 0.758. The van der Waals surface area contributed by atoms with E-state index in [0.717, 1.165) is 5.69 Å². The molecule has 0 aliphatic heterocycles. The van der Waals surface area contributed by atoms with Gasteiger partial charge in [0, 0.05) is 50.0 Å². The second kappa shape index (κ2) is 6.61. The smallest absolute Gasteiger partial charge is 0.250 e. The van der Waals surface area contributed by atoms with E-state index in [4.69, 9.17) is 0 Å². The molecule has 3 aromatic rings. The number of hydrogen-bond acceptors (Lipinski definition) is 5. The van der Waals surface area contributed by atoms with Crippen LogP contribution in [-0.4, -0.2) is 43.9 Å². The Hall–Kier alpha value is -3.03. The Kier molecular flexibility index (Phi) is 4.25. The molecule has 0 saturated heterocycles. The van der Waals surface area contributed by atoms with Crippen LogP contribution in [0.1, 0.15) is 19.3 Å². The molecule has 1 fully saturated rings. The lowest BCUT2D eigenvalue weighted by molar-refractivity contribution is 0.00786. The SMILES string of the molecule is CN(c1ccc(-c2ccc(-n3ccnc3)cc2O)nn1)[C@H]1CCC(F)(F)C1. The normalized spacial score (nSPS) is 18.6. The van der Waals surface area contributed by atoms with Crippen molar-refractivity contribution in [2.24, 2.45) is 0 Å². The topological polar surface area (TPSA) is 67.1 Å². The van der Waals surface area contributed by atoms with Crippen molar-refractivity contribution in [2.45, 2.75) is 31.2 Å². The van der Waals surface area contributed by atoms with Gasteiger partial charge in [-0.05, 0) is 30.7 Å². The summed E-state index contributed by atoms with van der Waals surface area (Å²) in [5.74, 6) is -1.99. The Bertz CT molecular complexity index is 928. The van der Waals surface area contributed by atoms with Crippen LogP contribution in [-0.2, 0) is 0 Å². The number of phenolic OH excluding ortho intramolecular Hbond substituents is 1. The van der Waals surface area contributed by atoms with Gasteiger partial charge in [-0.2, -0.15) is 0 Å². The molecule has 0 bridgehead atoms. The first-order chi connectivity index (χ1) is 12.9. The maximum atomic E-state index is 13.4. The summed E-state index contributed by atoms with van der Waals surface area (Å²) in [7, 11) is 1.76. The van der Waals surface area contributed by atoms with Crippen molar-refractivity contribution in [1.82, 2.24) is 19.7 Å². The van der Waals surface area contributed by atoms with E-state index in [0.29, 0.717) is 23.5 Å². The van der Waals surface area contributed by atoms with Crippen molar-refractivity contribution in [3.63, 3.8) is 0 Å². The Morgan fingerprint density at radius 2 is 2.07 bits per heavy atom. The van der Waals surface area contributed by atoms with Crippen LogP contribution < -0.4 is 4.90 Å².